The Kier molecular flexibility index (Phi) is 10.5. The van der Waals surface area contributed by atoms with Crippen LogP contribution < -0.4 is 16.4 Å². The number of hydrogen-bond acceptors (Lipinski definition) is 4. The van der Waals surface area contributed by atoms with Gasteiger partial charge >= 0.3 is 0 Å². The first-order valence-electron chi connectivity index (χ1n) is 7.38. The average Bonchev–Trinajstić information content (AvgIpc) is 2.52. The monoisotopic (exact) mass is 362 g/mol. The van der Waals surface area contributed by atoms with Gasteiger partial charge in [0.15, 0.2) is 0 Å². The van der Waals surface area contributed by atoms with Gasteiger partial charge in [0.1, 0.15) is 0 Å². The molecule has 0 bridgehead atoms. The summed E-state index contributed by atoms with van der Waals surface area (Å²) in [4.78, 5) is 27.6. The summed E-state index contributed by atoms with van der Waals surface area (Å²) in [5.74, 6) is -0.124. The highest BCUT2D eigenvalue weighted by atomic mass is 35.5. The maximum atomic E-state index is 12.0. The second kappa shape index (κ2) is 11.2. The lowest BCUT2D eigenvalue weighted by Gasteiger charge is -2.25. The van der Waals surface area contributed by atoms with E-state index >= 15 is 0 Å². The van der Waals surface area contributed by atoms with Crippen molar-refractivity contribution in [3.63, 3.8) is 0 Å². The number of pyridine rings is 1. The highest BCUT2D eigenvalue weighted by Crippen LogP contribution is 2.22. The van der Waals surface area contributed by atoms with Crippen LogP contribution in [0.5, 0.6) is 0 Å². The van der Waals surface area contributed by atoms with Crippen molar-refractivity contribution in [2.75, 3.05) is 13.1 Å². The fourth-order valence-corrected chi connectivity index (χ4v) is 2.57. The van der Waals surface area contributed by atoms with Crippen LogP contribution in [-0.4, -0.2) is 35.9 Å². The number of nitrogens with two attached hydrogens (primary N) is 1. The standard InChI is InChI=1S/C15H22N4O2.2ClH/c16-13-5-1-3-11(9-13)14(20)18-7-8-19-15(21)12-4-2-6-17-10-12;;/h2,4,6,10-11,13H,1,3,5,7-9,16H2,(H,18,20)(H,19,21);2*1H. The SMILES string of the molecule is Cl.Cl.NC1CCCC(C(=O)NCCNC(=O)c2cccnc2)C1. The first kappa shape index (κ1) is 21.6. The van der Waals surface area contributed by atoms with Gasteiger partial charge < -0.3 is 16.4 Å². The molecule has 1 aromatic heterocycles. The molecule has 0 radical (unpaired) electrons. The molecule has 0 saturated heterocycles. The third kappa shape index (κ3) is 7.16. The van der Waals surface area contributed by atoms with E-state index in [9.17, 15) is 9.59 Å². The fourth-order valence-electron chi connectivity index (χ4n) is 2.57. The van der Waals surface area contributed by atoms with Crippen LogP contribution in [0.15, 0.2) is 24.5 Å². The molecule has 6 nitrogen and oxygen atoms in total. The van der Waals surface area contributed by atoms with Gasteiger partial charge in [-0.2, -0.15) is 0 Å². The minimum atomic E-state index is -0.183. The molecule has 2 unspecified atom stereocenters. The number of nitrogens with zero attached hydrogens (tertiary/aromatic N) is 1. The van der Waals surface area contributed by atoms with Crippen LogP contribution >= 0.6 is 24.8 Å². The summed E-state index contributed by atoms with van der Waals surface area (Å²) in [6, 6.07) is 3.55. The molecule has 1 aromatic rings. The lowest BCUT2D eigenvalue weighted by molar-refractivity contribution is -0.126. The van der Waals surface area contributed by atoms with Gasteiger partial charge in [-0.15, -0.1) is 24.8 Å². The molecule has 2 amide bonds. The summed E-state index contributed by atoms with van der Waals surface area (Å²) in [6.45, 7) is 0.828. The molecule has 1 fully saturated rings. The van der Waals surface area contributed by atoms with Gasteiger partial charge in [-0.1, -0.05) is 6.42 Å². The molecule has 0 spiro atoms. The molecule has 0 aliphatic heterocycles. The molecule has 23 heavy (non-hydrogen) atoms. The van der Waals surface area contributed by atoms with Crippen LogP contribution in [0.3, 0.4) is 0 Å². The van der Waals surface area contributed by atoms with Gasteiger partial charge in [0.25, 0.3) is 5.91 Å². The largest absolute Gasteiger partial charge is 0.354 e. The minimum absolute atomic E-state index is 0. The third-order valence-corrected chi connectivity index (χ3v) is 3.72. The topological polar surface area (TPSA) is 97.1 Å². The zero-order chi connectivity index (χ0) is 15.1. The van der Waals surface area contributed by atoms with Crippen molar-refractivity contribution in [2.45, 2.75) is 31.7 Å². The van der Waals surface area contributed by atoms with Gasteiger partial charge in [-0.25, -0.2) is 0 Å². The van der Waals surface area contributed by atoms with E-state index in [0.29, 0.717) is 18.7 Å². The van der Waals surface area contributed by atoms with Crippen molar-refractivity contribution in [3.05, 3.63) is 30.1 Å². The molecule has 1 saturated carbocycles. The summed E-state index contributed by atoms with van der Waals surface area (Å²) in [5, 5.41) is 5.60. The molecule has 2 rings (SSSR count). The summed E-state index contributed by atoms with van der Waals surface area (Å²) >= 11 is 0. The number of carbonyl (C=O) groups is 2. The number of hydrogen-bond donors (Lipinski definition) is 3. The predicted octanol–water partition coefficient (Wildman–Crippen LogP) is 1.29. The second-order valence-electron chi connectivity index (χ2n) is 5.41. The van der Waals surface area contributed by atoms with E-state index in [1.165, 1.54) is 6.20 Å². The normalized spacial score (nSPS) is 19.7. The van der Waals surface area contributed by atoms with Crippen molar-refractivity contribution in [1.82, 2.24) is 15.6 Å². The quantitative estimate of drug-likeness (QED) is 0.687. The van der Waals surface area contributed by atoms with E-state index in [0.717, 1.165) is 25.7 Å². The summed E-state index contributed by atoms with van der Waals surface area (Å²) in [5.41, 5.74) is 6.39. The van der Waals surface area contributed by atoms with Gasteiger partial charge in [-0.3, -0.25) is 14.6 Å². The Balaban J connectivity index is 0.00000242. The lowest BCUT2D eigenvalue weighted by atomic mass is 9.85. The van der Waals surface area contributed by atoms with Crippen LogP contribution in [-0.2, 0) is 4.79 Å². The van der Waals surface area contributed by atoms with Crippen LogP contribution in [0.1, 0.15) is 36.0 Å². The molecular weight excluding hydrogens is 339 g/mol. The van der Waals surface area contributed by atoms with Crippen molar-refractivity contribution >= 4 is 36.6 Å². The van der Waals surface area contributed by atoms with Gasteiger partial charge in [0.2, 0.25) is 5.91 Å². The number of rotatable bonds is 5. The molecular formula is C15H24Cl2N4O2. The van der Waals surface area contributed by atoms with Crippen LogP contribution in [0, 0.1) is 5.92 Å². The van der Waals surface area contributed by atoms with E-state index in [2.05, 4.69) is 15.6 Å². The van der Waals surface area contributed by atoms with Crippen molar-refractivity contribution in [1.29, 1.82) is 0 Å². The minimum Gasteiger partial charge on any atom is -0.354 e. The van der Waals surface area contributed by atoms with E-state index in [4.69, 9.17) is 5.73 Å². The molecule has 1 aliphatic rings. The first-order chi connectivity index (χ1) is 10.2. The first-order valence-corrected chi connectivity index (χ1v) is 7.38. The number of aromatic nitrogens is 1. The number of carbonyl (C=O) groups excluding carboxylic acids is 2. The predicted molar refractivity (Wildman–Crippen MR) is 94.0 cm³/mol. The van der Waals surface area contributed by atoms with Crippen molar-refractivity contribution < 1.29 is 9.59 Å². The molecule has 1 aliphatic carbocycles. The summed E-state index contributed by atoms with van der Waals surface area (Å²) in [7, 11) is 0. The molecule has 4 N–H and O–H groups in total. The molecule has 1 heterocycles. The Hall–Kier alpha value is -1.37. The van der Waals surface area contributed by atoms with E-state index in [-0.39, 0.29) is 48.6 Å². The lowest BCUT2D eigenvalue weighted by Crippen LogP contribution is -2.40. The Morgan fingerprint density at radius 2 is 1.96 bits per heavy atom. The molecule has 8 heteroatoms. The third-order valence-electron chi connectivity index (χ3n) is 3.72. The summed E-state index contributed by atoms with van der Waals surface area (Å²) < 4.78 is 0. The highest BCUT2D eigenvalue weighted by molar-refractivity contribution is 5.93. The average molecular weight is 363 g/mol. The van der Waals surface area contributed by atoms with E-state index < -0.39 is 0 Å². The highest BCUT2D eigenvalue weighted by Gasteiger charge is 2.24. The van der Waals surface area contributed by atoms with Crippen LogP contribution in [0.4, 0.5) is 0 Å². The van der Waals surface area contributed by atoms with Gasteiger partial charge in [0.05, 0.1) is 5.56 Å². The Morgan fingerprint density at radius 3 is 2.61 bits per heavy atom. The Labute approximate surface area is 148 Å². The molecule has 130 valence electrons. The van der Waals surface area contributed by atoms with Crippen molar-refractivity contribution in [2.24, 2.45) is 11.7 Å². The Bertz CT molecular complexity index is 488. The zero-order valence-electron chi connectivity index (χ0n) is 12.9. The summed E-state index contributed by atoms with van der Waals surface area (Å²) in [6.07, 6.45) is 6.81. The smallest absolute Gasteiger partial charge is 0.252 e. The number of halogens is 2. The van der Waals surface area contributed by atoms with E-state index in [1.807, 2.05) is 0 Å². The van der Waals surface area contributed by atoms with E-state index in [1.54, 1.807) is 18.3 Å². The van der Waals surface area contributed by atoms with Crippen LogP contribution in [0.2, 0.25) is 0 Å². The van der Waals surface area contributed by atoms with Crippen molar-refractivity contribution in [3.8, 4) is 0 Å². The van der Waals surface area contributed by atoms with Crippen LogP contribution in [0.25, 0.3) is 0 Å². The maximum absolute atomic E-state index is 12.0. The number of nitrogens with one attached hydrogen (secondary N) is 2. The maximum Gasteiger partial charge on any atom is 0.252 e. The second-order valence-corrected chi connectivity index (χ2v) is 5.41. The molecule has 2 atom stereocenters. The fraction of sp³-hybridized carbons (Fsp3) is 0.533. The molecule has 0 aromatic carbocycles. The van der Waals surface area contributed by atoms with Gasteiger partial charge in [0, 0.05) is 37.4 Å². The number of amides is 2. The zero-order valence-corrected chi connectivity index (χ0v) is 14.5. The van der Waals surface area contributed by atoms with Gasteiger partial charge in [-0.05, 0) is 31.4 Å². The Morgan fingerprint density at radius 1 is 1.22 bits per heavy atom.